The molecular weight excluding hydrogens is 357 g/mol. The molecule has 7 heteroatoms. The highest BCUT2D eigenvalue weighted by molar-refractivity contribution is 6.42. The van der Waals surface area contributed by atoms with Crippen molar-refractivity contribution < 1.29 is 0 Å². The molecule has 128 valence electrons. The quantitative estimate of drug-likeness (QED) is 0.592. The summed E-state index contributed by atoms with van der Waals surface area (Å²) in [4.78, 5) is 4.44. The predicted molar refractivity (Wildman–Crippen MR) is 103 cm³/mol. The van der Waals surface area contributed by atoms with Crippen molar-refractivity contribution in [1.82, 2.24) is 15.2 Å². The number of nitrogens with one attached hydrogen (secondary N) is 2. The van der Waals surface area contributed by atoms with Gasteiger partial charge in [-0.05, 0) is 35.7 Å². The van der Waals surface area contributed by atoms with E-state index in [4.69, 9.17) is 23.2 Å². The molecule has 0 spiro atoms. The highest BCUT2D eigenvalue weighted by atomic mass is 35.5. The third kappa shape index (κ3) is 4.38. The molecule has 3 rings (SSSR count). The van der Waals surface area contributed by atoms with Crippen molar-refractivity contribution in [2.75, 3.05) is 10.6 Å². The van der Waals surface area contributed by atoms with E-state index in [-0.39, 0.29) is 0 Å². The molecule has 5 nitrogen and oxygen atoms in total. The fourth-order valence-corrected chi connectivity index (χ4v) is 2.67. The first kappa shape index (κ1) is 17.5. The molecule has 0 aliphatic rings. The minimum Gasteiger partial charge on any atom is -0.339 e. The maximum atomic E-state index is 6.03. The molecule has 0 amide bonds. The van der Waals surface area contributed by atoms with Crippen molar-refractivity contribution in [3.8, 4) is 0 Å². The zero-order valence-electron chi connectivity index (χ0n) is 13.8. The zero-order valence-corrected chi connectivity index (χ0v) is 15.3. The Hall–Kier alpha value is -2.37. The molecule has 0 unspecified atom stereocenters. The van der Waals surface area contributed by atoms with Crippen LogP contribution in [0.3, 0.4) is 0 Å². The van der Waals surface area contributed by atoms with Gasteiger partial charge in [0.05, 0.1) is 16.2 Å². The molecule has 1 aromatic heterocycles. The molecule has 0 saturated carbocycles. The minimum absolute atomic E-state index is 0.383. The van der Waals surface area contributed by atoms with E-state index in [0.29, 0.717) is 27.7 Å². The molecule has 0 saturated heterocycles. The summed E-state index contributed by atoms with van der Waals surface area (Å²) in [6.07, 6.45) is 1.54. The lowest BCUT2D eigenvalue weighted by Gasteiger charge is -2.13. The summed E-state index contributed by atoms with van der Waals surface area (Å²) < 4.78 is 0. The Morgan fingerprint density at radius 2 is 1.76 bits per heavy atom. The second-order valence-corrected chi connectivity index (χ2v) is 6.60. The molecule has 1 heterocycles. The van der Waals surface area contributed by atoms with Crippen molar-refractivity contribution >= 4 is 46.3 Å². The number of benzene rings is 2. The first-order valence-corrected chi connectivity index (χ1v) is 8.56. The summed E-state index contributed by atoms with van der Waals surface area (Å²) in [5, 5.41) is 15.4. The third-order valence-corrected chi connectivity index (χ3v) is 4.32. The molecule has 0 atom stereocenters. The lowest BCUT2D eigenvalue weighted by molar-refractivity contribution is 0.867. The number of hydrogen-bond acceptors (Lipinski definition) is 5. The van der Waals surface area contributed by atoms with E-state index < -0.39 is 0 Å². The summed E-state index contributed by atoms with van der Waals surface area (Å²) in [7, 11) is 0. The molecule has 0 aliphatic carbocycles. The van der Waals surface area contributed by atoms with Crippen molar-refractivity contribution in [2.45, 2.75) is 19.8 Å². The number of rotatable bonds is 5. The van der Waals surface area contributed by atoms with Crippen LogP contribution in [0.15, 0.2) is 48.7 Å². The van der Waals surface area contributed by atoms with E-state index in [9.17, 15) is 0 Å². The average molecular weight is 374 g/mol. The minimum atomic E-state index is 0.383. The second kappa shape index (κ2) is 7.68. The van der Waals surface area contributed by atoms with Gasteiger partial charge in [-0.15, -0.1) is 5.10 Å². The Morgan fingerprint density at radius 3 is 2.52 bits per heavy atom. The van der Waals surface area contributed by atoms with Crippen LogP contribution < -0.4 is 10.6 Å². The lowest BCUT2D eigenvalue weighted by atomic mass is 10.0. The maximum Gasteiger partial charge on any atom is 0.249 e. The first-order chi connectivity index (χ1) is 12.0. The van der Waals surface area contributed by atoms with Crippen LogP contribution in [0.2, 0.25) is 10.0 Å². The van der Waals surface area contributed by atoms with Gasteiger partial charge in [0, 0.05) is 11.4 Å². The molecule has 0 radical (unpaired) electrons. The van der Waals surface area contributed by atoms with Crippen LogP contribution in [0.5, 0.6) is 0 Å². The van der Waals surface area contributed by atoms with Gasteiger partial charge in [0.1, 0.15) is 0 Å². The second-order valence-electron chi connectivity index (χ2n) is 5.79. The van der Waals surface area contributed by atoms with E-state index in [1.807, 2.05) is 24.3 Å². The summed E-state index contributed by atoms with van der Waals surface area (Å²) in [6.45, 7) is 4.28. The molecular formula is C18H17Cl2N5. The Labute approximate surface area is 156 Å². The normalized spacial score (nSPS) is 10.8. The van der Waals surface area contributed by atoms with Crippen LogP contribution in [-0.4, -0.2) is 15.2 Å². The highest BCUT2D eigenvalue weighted by Crippen LogP contribution is 2.28. The average Bonchev–Trinajstić information content (AvgIpc) is 2.59. The number of anilines is 4. The predicted octanol–water partition coefficient (Wildman–Crippen LogP) is 5.79. The Morgan fingerprint density at radius 1 is 0.960 bits per heavy atom. The van der Waals surface area contributed by atoms with Crippen molar-refractivity contribution in [2.24, 2.45) is 0 Å². The number of aromatic nitrogens is 3. The van der Waals surface area contributed by atoms with E-state index >= 15 is 0 Å². The van der Waals surface area contributed by atoms with E-state index in [2.05, 4.69) is 45.7 Å². The van der Waals surface area contributed by atoms with Crippen LogP contribution in [-0.2, 0) is 0 Å². The topological polar surface area (TPSA) is 62.7 Å². The molecule has 0 fully saturated rings. The molecule has 2 aromatic carbocycles. The summed E-state index contributed by atoms with van der Waals surface area (Å²) in [5.41, 5.74) is 2.92. The van der Waals surface area contributed by atoms with E-state index in [1.165, 1.54) is 5.56 Å². The summed E-state index contributed by atoms with van der Waals surface area (Å²) in [5.74, 6) is 1.35. The largest absolute Gasteiger partial charge is 0.339 e. The summed E-state index contributed by atoms with van der Waals surface area (Å²) in [6, 6.07) is 13.3. The van der Waals surface area contributed by atoms with Gasteiger partial charge in [-0.2, -0.15) is 10.1 Å². The highest BCUT2D eigenvalue weighted by Gasteiger charge is 2.08. The van der Waals surface area contributed by atoms with Crippen LogP contribution in [0.25, 0.3) is 0 Å². The smallest absolute Gasteiger partial charge is 0.249 e. The molecule has 3 aromatic rings. The van der Waals surface area contributed by atoms with E-state index in [1.54, 1.807) is 18.3 Å². The van der Waals surface area contributed by atoms with Gasteiger partial charge < -0.3 is 10.6 Å². The standard InChI is InChI=1S/C18H17Cl2N5/c1-11(2)13-5-3-4-6-16(13)23-18-24-17(10-21-25-18)22-12-7-8-14(19)15(20)9-12/h3-11H,1-2H3,(H2,22,23,24,25). The Bertz CT molecular complexity index is 883. The van der Waals surface area contributed by atoms with Crippen LogP contribution in [0, 0.1) is 0 Å². The van der Waals surface area contributed by atoms with Crippen molar-refractivity contribution in [1.29, 1.82) is 0 Å². The molecule has 0 bridgehead atoms. The van der Waals surface area contributed by atoms with Crippen LogP contribution in [0.4, 0.5) is 23.1 Å². The number of hydrogen-bond donors (Lipinski definition) is 2. The molecule has 0 aliphatic heterocycles. The molecule has 2 N–H and O–H groups in total. The lowest BCUT2D eigenvalue weighted by Crippen LogP contribution is -2.04. The molecule has 25 heavy (non-hydrogen) atoms. The van der Waals surface area contributed by atoms with Crippen molar-refractivity contribution in [3.63, 3.8) is 0 Å². The van der Waals surface area contributed by atoms with Gasteiger partial charge in [0.15, 0.2) is 5.82 Å². The number of nitrogens with zero attached hydrogens (tertiary/aromatic N) is 3. The SMILES string of the molecule is CC(C)c1ccccc1Nc1nncc(Nc2ccc(Cl)c(Cl)c2)n1. The Balaban J connectivity index is 1.81. The van der Waals surface area contributed by atoms with Gasteiger partial charge in [-0.3, -0.25) is 0 Å². The fourth-order valence-electron chi connectivity index (χ4n) is 2.37. The van der Waals surface area contributed by atoms with Gasteiger partial charge >= 0.3 is 0 Å². The van der Waals surface area contributed by atoms with Crippen molar-refractivity contribution in [3.05, 3.63) is 64.3 Å². The zero-order chi connectivity index (χ0) is 17.8. The summed E-state index contributed by atoms with van der Waals surface area (Å²) >= 11 is 12.0. The van der Waals surface area contributed by atoms with Gasteiger partial charge in [-0.25, -0.2) is 0 Å². The number of halogens is 2. The number of para-hydroxylation sites is 1. The fraction of sp³-hybridized carbons (Fsp3) is 0.167. The first-order valence-electron chi connectivity index (χ1n) is 7.80. The van der Waals surface area contributed by atoms with Gasteiger partial charge in [-0.1, -0.05) is 55.2 Å². The third-order valence-electron chi connectivity index (χ3n) is 3.58. The van der Waals surface area contributed by atoms with Crippen LogP contribution >= 0.6 is 23.2 Å². The van der Waals surface area contributed by atoms with Gasteiger partial charge in [0.2, 0.25) is 5.95 Å². The van der Waals surface area contributed by atoms with E-state index in [0.717, 1.165) is 11.4 Å². The van der Waals surface area contributed by atoms with Gasteiger partial charge in [0.25, 0.3) is 0 Å². The monoisotopic (exact) mass is 373 g/mol. The van der Waals surface area contributed by atoms with Crippen LogP contribution in [0.1, 0.15) is 25.3 Å². The Kier molecular flexibility index (Phi) is 5.36. The maximum absolute atomic E-state index is 6.03.